The first kappa shape index (κ1) is 6.47. The Bertz CT molecular complexity index is 60.8. The predicted molar refractivity (Wildman–Crippen MR) is 40.3 cm³/mol. The molecule has 0 spiro atoms. The molecule has 0 amide bonds. The van der Waals surface area contributed by atoms with Crippen LogP contribution in [-0.2, 0) is 0 Å². The zero-order valence-electron chi connectivity index (χ0n) is 5.68. The topological polar surface area (TPSA) is 0 Å². The van der Waals surface area contributed by atoms with Crippen molar-refractivity contribution in [3.63, 3.8) is 0 Å². The molecule has 0 radical (unpaired) electrons. The molecule has 0 N–H and O–H groups in total. The smallest absolute Gasteiger partial charge is 0.00443 e. The van der Waals surface area contributed by atoms with E-state index in [0.717, 1.165) is 11.2 Å². The molecule has 1 saturated heterocycles. The molecule has 48 valence electrons. The average Bonchev–Trinajstić information content (AvgIpc) is 1.77. The quantitative estimate of drug-likeness (QED) is 0.485. The summed E-state index contributed by atoms with van der Waals surface area (Å²) in [6.45, 7) is 4.70. The van der Waals surface area contributed by atoms with Crippen LogP contribution in [0.4, 0.5) is 0 Å². The van der Waals surface area contributed by atoms with E-state index >= 15 is 0 Å². The van der Waals surface area contributed by atoms with E-state index in [1.54, 1.807) is 0 Å². The van der Waals surface area contributed by atoms with Gasteiger partial charge in [-0.05, 0) is 24.5 Å². The maximum atomic E-state index is 2.36. The van der Waals surface area contributed by atoms with Crippen LogP contribution in [0, 0.1) is 5.92 Å². The molecule has 8 heavy (non-hydrogen) atoms. The Hall–Kier alpha value is 0.350. The van der Waals surface area contributed by atoms with Crippen LogP contribution < -0.4 is 0 Å². The van der Waals surface area contributed by atoms with Crippen molar-refractivity contribution in [2.24, 2.45) is 5.92 Å². The van der Waals surface area contributed by atoms with E-state index in [1.807, 2.05) is 0 Å². The fourth-order valence-corrected chi connectivity index (χ4v) is 2.24. The van der Waals surface area contributed by atoms with E-state index in [0.29, 0.717) is 0 Å². The fraction of sp³-hybridized carbons (Fsp3) is 1.00. The third kappa shape index (κ3) is 1.41. The molecule has 0 aromatic carbocycles. The molecular weight excluding hydrogens is 116 g/mol. The van der Waals surface area contributed by atoms with Crippen molar-refractivity contribution in [3.05, 3.63) is 0 Å². The van der Waals surface area contributed by atoms with Crippen molar-refractivity contribution < 1.29 is 0 Å². The van der Waals surface area contributed by atoms with Gasteiger partial charge in [0.25, 0.3) is 0 Å². The highest BCUT2D eigenvalue weighted by molar-refractivity contribution is 7.99. The lowest BCUT2D eigenvalue weighted by Crippen LogP contribution is -2.15. The second-order valence-corrected chi connectivity index (χ2v) is 4.18. The van der Waals surface area contributed by atoms with Crippen molar-refractivity contribution in [2.45, 2.75) is 31.9 Å². The summed E-state index contributed by atoms with van der Waals surface area (Å²) in [5.74, 6) is 2.36. The van der Waals surface area contributed by atoms with E-state index in [1.165, 1.54) is 18.6 Å². The van der Waals surface area contributed by atoms with Crippen molar-refractivity contribution in [2.75, 3.05) is 5.75 Å². The number of thioether (sulfide) groups is 1. The number of hydrogen-bond acceptors (Lipinski definition) is 1. The summed E-state index contributed by atoms with van der Waals surface area (Å²) in [7, 11) is 0. The monoisotopic (exact) mass is 130 g/mol. The molecule has 2 atom stereocenters. The highest BCUT2D eigenvalue weighted by atomic mass is 32.2. The van der Waals surface area contributed by atoms with Gasteiger partial charge in [-0.1, -0.05) is 13.8 Å². The van der Waals surface area contributed by atoms with Gasteiger partial charge in [0.15, 0.2) is 0 Å². The van der Waals surface area contributed by atoms with Gasteiger partial charge in [0.05, 0.1) is 0 Å². The number of rotatable bonds is 0. The molecule has 1 aliphatic rings. The number of hydrogen-bond donors (Lipinski definition) is 0. The third-order valence-electron chi connectivity index (χ3n) is 1.99. The Morgan fingerprint density at radius 2 is 2.12 bits per heavy atom. The molecule has 0 aliphatic carbocycles. The largest absolute Gasteiger partial charge is 0.159 e. The van der Waals surface area contributed by atoms with E-state index in [-0.39, 0.29) is 0 Å². The first-order chi connectivity index (χ1) is 3.80. The van der Waals surface area contributed by atoms with Gasteiger partial charge in [-0.2, -0.15) is 11.8 Å². The molecule has 2 unspecified atom stereocenters. The molecule has 0 aromatic heterocycles. The first-order valence-corrected chi connectivity index (χ1v) is 4.47. The summed E-state index contributed by atoms with van der Waals surface area (Å²) < 4.78 is 0. The van der Waals surface area contributed by atoms with Gasteiger partial charge < -0.3 is 0 Å². The molecule has 1 aliphatic heterocycles. The van der Waals surface area contributed by atoms with Crippen molar-refractivity contribution in [1.82, 2.24) is 0 Å². The Morgan fingerprint density at radius 1 is 1.38 bits per heavy atom. The molecule has 1 heterocycles. The van der Waals surface area contributed by atoms with Crippen molar-refractivity contribution in [1.29, 1.82) is 0 Å². The average molecular weight is 130 g/mol. The Labute approximate surface area is 56.0 Å². The van der Waals surface area contributed by atoms with Crippen LogP contribution in [0.25, 0.3) is 0 Å². The van der Waals surface area contributed by atoms with Gasteiger partial charge >= 0.3 is 0 Å². The molecule has 1 heteroatoms. The highest BCUT2D eigenvalue weighted by Crippen LogP contribution is 2.29. The van der Waals surface area contributed by atoms with Crippen LogP contribution >= 0.6 is 11.8 Å². The lowest BCUT2D eigenvalue weighted by molar-refractivity contribution is 0.507. The molecule has 0 bridgehead atoms. The Kier molecular flexibility index (Phi) is 2.24. The van der Waals surface area contributed by atoms with Gasteiger partial charge in [-0.3, -0.25) is 0 Å². The minimum absolute atomic E-state index is 0.920. The van der Waals surface area contributed by atoms with Crippen molar-refractivity contribution in [3.8, 4) is 0 Å². The second-order valence-electron chi connectivity index (χ2n) is 2.70. The van der Waals surface area contributed by atoms with E-state index in [9.17, 15) is 0 Å². The maximum absolute atomic E-state index is 2.36. The molecule has 0 nitrogen and oxygen atoms in total. The van der Waals surface area contributed by atoms with Crippen LogP contribution in [0.15, 0.2) is 0 Å². The van der Waals surface area contributed by atoms with Crippen LogP contribution in [0.3, 0.4) is 0 Å². The van der Waals surface area contributed by atoms with E-state index < -0.39 is 0 Å². The molecular formula is C7H14S. The predicted octanol–water partition coefficient (Wildman–Crippen LogP) is 2.54. The summed E-state index contributed by atoms with van der Waals surface area (Å²) in [4.78, 5) is 0. The van der Waals surface area contributed by atoms with Crippen LogP contribution in [0.1, 0.15) is 26.7 Å². The Morgan fingerprint density at radius 3 is 2.50 bits per heavy atom. The van der Waals surface area contributed by atoms with Gasteiger partial charge in [0.2, 0.25) is 0 Å². The summed E-state index contributed by atoms with van der Waals surface area (Å²) >= 11 is 2.13. The molecule has 0 saturated carbocycles. The van der Waals surface area contributed by atoms with Crippen molar-refractivity contribution >= 4 is 11.8 Å². The lowest BCUT2D eigenvalue weighted by atomic mass is 10.0. The highest BCUT2D eigenvalue weighted by Gasteiger charge is 2.16. The van der Waals surface area contributed by atoms with Gasteiger partial charge in [0.1, 0.15) is 0 Å². The van der Waals surface area contributed by atoms with E-state index in [2.05, 4.69) is 25.6 Å². The SMILES string of the molecule is CC1CCCSC1C. The normalized spacial score (nSPS) is 39.8. The van der Waals surface area contributed by atoms with Crippen LogP contribution in [-0.4, -0.2) is 11.0 Å². The summed E-state index contributed by atoms with van der Waals surface area (Å²) in [5.41, 5.74) is 0. The molecule has 1 fully saturated rings. The summed E-state index contributed by atoms with van der Waals surface area (Å²) in [6.07, 6.45) is 2.89. The van der Waals surface area contributed by atoms with E-state index in [4.69, 9.17) is 0 Å². The second kappa shape index (κ2) is 2.77. The zero-order valence-corrected chi connectivity index (χ0v) is 6.50. The minimum atomic E-state index is 0.920. The summed E-state index contributed by atoms with van der Waals surface area (Å²) in [6, 6.07) is 0. The minimum Gasteiger partial charge on any atom is -0.159 e. The van der Waals surface area contributed by atoms with Crippen LogP contribution in [0.2, 0.25) is 0 Å². The van der Waals surface area contributed by atoms with Gasteiger partial charge in [-0.15, -0.1) is 0 Å². The van der Waals surface area contributed by atoms with Crippen LogP contribution in [0.5, 0.6) is 0 Å². The molecule has 1 rings (SSSR count). The third-order valence-corrected chi connectivity index (χ3v) is 3.50. The first-order valence-electron chi connectivity index (χ1n) is 3.42. The Balaban J connectivity index is 2.28. The molecule has 0 aromatic rings. The maximum Gasteiger partial charge on any atom is 0.00443 e. The standard InChI is InChI=1S/C7H14S/c1-6-4-3-5-8-7(6)2/h6-7H,3-5H2,1-2H3. The van der Waals surface area contributed by atoms with Gasteiger partial charge in [-0.25, -0.2) is 0 Å². The lowest BCUT2D eigenvalue weighted by Gasteiger charge is -2.24. The summed E-state index contributed by atoms with van der Waals surface area (Å²) in [5, 5.41) is 0.920. The van der Waals surface area contributed by atoms with Gasteiger partial charge in [0, 0.05) is 5.25 Å². The fourth-order valence-electron chi connectivity index (χ4n) is 1.07. The zero-order chi connectivity index (χ0) is 5.98.